The molecule has 0 saturated heterocycles. The Bertz CT molecular complexity index is 842. The molecule has 0 spiro atoms. The number of benzene rings is 2. The molecule has 0 heterocycles. The molecule has 166 valence electrons. The zero-order chi connectivity index (χ0) is 22.5. The van der Waals surface area contributed by atoms with Gasteiger partial charge in [-0.05, 0) is 36.2 Å². The van der Waals surface area contributed by atoms with Crippen molar-refractivity contribution >= 4 is 17.9 Å². The zero-order valence-corrected chi connectivity index (χ0v) is 17.3. The third-order valence-electron chi connectivity index (χ3n) is 4.23. The highest BCUT2D eigenvalue weighted by molar-refractivity contribution is 5.86. The highest BCUT2D eigenvalue weighted by atomic mass is 16.5. The van der Waals surface area contributed by atoms with Crippen molar-refractivity contribution in [3.8, 4) is 11.5 Å². The summed E-state index contributed by atoms with van der Waals surface area (Å²) in [5.74, 6) is 0.308. The lowest BCUT2D eigenvalue weighted by Gasteiger charge is -2.18. The molecule has 2 aromatic carbocycles. The first-order chi connectivity index (χ1) is 15.0. The van der Waals surface area contributed by atoms with Crippen molar-refractivity contribution in [3.05, 3.63) is 60.2 Å². The van der Waals surface area contributed by atoms with Gasteiger partial charge in [0.1, 0.15) is 30.8 Å². The molecule has 9 heteroatoms. The fraction of sp³-hybridized carbons (Fsp3) is 0.318. The number of nitrogens with one attached hydrogen (secondary N) is 2. The minimum atomic E-state index is -0.961. The van der Waals surface area contributed by atoms with E-state index in [-0.39, 0.29) is 32.6 Å². The van der Waals surface area contributed by atoms with E-state index in [2.05, 4.69) is 10.6 Å². The summed E-state index contributed by atoms with van der Waals surface area (Å²) in [6.45, 7) is 0.490. The Balaban J connectivity index is 1.79. The van der Waals surface area contributed by atoms with E-state index in [1.165, 1.54) is 0 Å². The molecular weight excluding hydrogens is 402 g/mol. The van der Waals surface area contributed by atoms with Crippen molar-refractivity contribution in [2.24, 2.45) is 5.73 Å². The molecule has 2 aromatic rings. The van der Waals surface area contributed by atoms with Crippen molar-refractivity contribution < 1.29 is 28.6 Å². The molecule has 0 radical (unpaired) electrons. The summed E-state index contributed by atoms with van der Waals surface area (Å²) in [6.07, 6.45) is -0.761. The molecule has 0 aliphatic heterocycles. The molecular formula is C22H27N3O6. The van der Waals surface area contributed by atoms with Crippen LogP contribution < -0.4 is 25.8 Å². The minimum absolute atomic E-state index is 0.0562. The quantitative estimate of drug-likeness (QED) is 0.441. The average Bonchev–Trinajstić information content (AvgIpc) is 2.79. The number of ether oxygens (including phenoxy) is 3. The van der Waals surface area contributed by atoms with E-state index in [0.29, 0.717) is 11.5 Å². The second-order valence-corrected chi connectivity index (χ2v) is 6.58. The lowest BCUT2D eigenvalue weighted by molar-refractivity contribution is -0.123. The summed E-state index contributed by atoms with van der Waals surface area (Å²) in [5, 5.41) is 5.15. The van der Waals surface area contributed by atoms with Crippen LogP contribution in [0.4, 0.5) is 4.79 Å². The Morgan fingerprint density at radius 2 is 1.68 bits per heavy atom. The number of nitrogens with two attached hydrogens (primary N) is 1. The highest BCUT2D eigenvalue weighted by Gasteiger charge is 2.22. The van der Waals surface area contributed by atoms with Gasteiger partial charge in [-0.3, -0.25) is 9.59 Å². The van der Waals surface area contributed by atoms with Gasteiger partial charge in [-0.2, -0.15) is 0 Å². The second-order valence-electron chi connectivity index (χ2n) is 6.58. The van der Waals surface area contributed by atoms with Crippen LogP contribution in [0.15, 0.2) is 54.6 Å². The maximum atomic E-state index is 12.5. The predicted molar refractivity (Wildman–Crippen MR) is 113 cm³/mol. The van der Waals surface area contributed by atoms with Crippen LogP contribution >= 0.6 is 0 Å². The standard InChI is InChI=1S/C22H27N3O6/c1-29-17-7-9-18(10-8-17)30-14-13-24-21(27)19(11-12-20(23)26)25-22(28)31-15-16-5-3-2-4-6-16/h2-10,19H,11-15H2,1H3,(H2,23,26)(H,24,27)(H,25,28)/t19-/m0/s1. The fourth-order valence-electron chi connectivity index (χ4n) is 2.60. The van der Waals surface area contributed by atoms with Gasteiger partial charge in [0.25, 0.3) is 0 Å². The van der Waals surface area contributed by atoms with E-state index in [9.17, 15) is 14.4 Å². The van der Waals surface area contributed by atoms with Gasteiger partial charge in [-0.1, -0.05) is 30.3 Å². The number of methoxy groups -OCH3 is 1. The number of carbonyl (C=O) groups excluding carboxylic acids is 3. The van der Waals surface area contributed by atoms with Gasteiger partial charge >= 0.3 is 6.09 Å². The number of amides is 3. The predicted octanol–water partition coefficient (Wildman–Crippen LogP) is 1.75. The first-order valence-electron chi connectivity index (χ1n) is 9.78. The van der Waals surface area contributed by atoms with Crippen molar-refractivity contribution in [2.45, 2.75) is 25.5 Å². The van der Waals surface area contributed by atoms with Crippen LogP contribution in [-0.4, -0.2) is 44.2 Å². The third kappa shape index (κ3) is 9.07. The lowest BCUT2D eigenvalue weighted by atomic mass is 10.1. The fourth-order valence-corrected chi connectivity index (χ4v) is 2.60. The first kappa shape index (κ1) is 23.5. The van der Waals surface area contributed by atoms with E-state index in [1.54, 1.807) is 31.4 Å². The first-order valence-corrected chi connectivity index (χ1v) is 9.78. The summed E-state index contributed by atoms with van der Waals surface area (Å²) in [4.78, 5) is 35.6. The van der Waals surface area contributed by atoms with E-state index >= 15 is 0 Å². The Morgan fingerprint density at radius 3 is 2.32 bits per heavy atom. The van der Waals surface area contributed by atoms with Crippen LogP contribution in [0.3, 0.4) is 0 Å². The number of carbonyl (C=O) groups is 3. The van der Waals surface area contributed by atoms with Crippen molar-refractivity contribution in [3.63, 3.8) is 0 Å². The van der Waals surface area contributed by atoms with Gasteiger partial charge in [-0.25, -0.2) is 4.79 Å². The SMILES string of the molecule is COc1ccc(OCCNC(=O)[C@H](CCC(N)=O)NC(=O)OCc2ccccc2)cc1. The smallest absolute Gasteiger partial charge is 0.408 e. The molecule has 4 N–H and O–H groups in total. The van der Waals surface area contributed by atoms with E-state index < -0.39 is 23.9 Å². The molecule has 2 rings (SSSR count). The Kier molecular flexibility index (Phi) is 9.67. The maximum absolute atomic E-state index is 12.5. The van der Waals surface area contributed by atoms with Crippen LogP contribution in [0.5, 0.6) is 11.5 Å². The van der Waals surface area contributed by atoms with Crippen LogP contribution in [0.1, 0.15) is 18.4 Å². The molecule has 0 aromatic heterocycles. The summed E-state index contributed by atoms with van der Waals surface area (Å²) in [5.41, 5.74) is 5.98. The topological polar surface area (TPSA) is 129 Å². The van der Waals surface area contributed by atoms with Crippen LogP contribution in [-0.2, 0) is 20.9 Å². The molecule has 0 bridgehead atoms. The van der Waals surface area contributed by atoms with E-state index in [0.717, 1.165) is 5.56 Å². The summed E-state index contributed by atoms with van der Waals surface area (Å²) in [6, 6.07) is 15.2. The molecule has 31 heavy (non-hydrogen) atoms. The summed E-state index contributed by atoms with van der Waals surface area (Å²) >= 11 is 0. The highest BCUT2D eigenvalue weighted by Crippen LogP contribution is 2.16. The van der Waals surface area contributed by atoms with Gasteiger partial charge in [0.05, 0.1) is 13.7 Å². The zero-order valence-electron chi connectivity index (χ0n) is 17.3. The molecule has 1 atom stereocenters. The van der Waals surface area contributed by atoms with Gasteiger partial charge in [0.15, 0.2) is 0 Å². The largest absolute Gasteiger partial charge is 0.497 e. The third-order valence-corrected chi connectivity index (χ3v) is 4.23. The summed E-state index contributed by atoms with van der Waals surface area (Å²) in [7, 11) is 1.57. The molecule has 0 aliphatic carbocycles. The maximum Gasteiger partial charge on any atom is 0.408 e. The molecule has 9 nitrogen and oxygen atoms in total. The number of primary amides is 1. The van der Waals surface area contributed by atoms with E-state index in [1.807, 2.05) is 30.3 Å². The van der Waals surface area contributed by atoms with Gasteiger partial charge in [-0.15, -0.1) is 0 Å². The number of alkyl carbamates (subject to hydrolysis) is 1. The second kappa shape index (κ2) is 12.7. The average molecular weight is 429 g/mol. The Morgan fingerprint density at radius 1 is 1.00 bits per heavy atom. The van der Waals surface area contributed by atoms with Gasteiger partial charge < -0.3 is 30.6 Å². The van der Waals surface area contributed by atoms with Gasteiger partial charge in [0, 0.05) is 6.42 Å². The monoisotopic (exact) mass is 429 g/mol. The van der Waals surface area contributed by atoms with Crippen molar-refractivity contribution in [2.75, 3.05) is 20.3 Å². The lowest BCUT2D eigenvalue weighted by Crippen LogP contribution is -2.48. The summed E-state index contributed by atoms with van der Waals surface area (Å²) < 4.78 is 15.8. The van der Waals surface area contributed by atoms with Crippen molar-refractivity contribution in [1.82, 2.24) is 10.6 Å². The van der Waals surface area contributed by atoms with E-state index in [4.69, 9.17) is 19.9 Å². The number of hydrogen-bond donors (Lipinski definition) is 3. The molecule has 0 saturated carbocycles. The molecule has 0 aliphatic rings. The van der Waals surface area contributed by atoms with Crippen LogP contribution in [0.2, 0.25) is 0 Å². The Labute approximate surface area is 180 Å². The Hall–Kier alpha value is -3.75. The van der Waals surface area contributed by atoms with Crippen molar-refractivity contribution in [1.29, 1.82) is 0 Å². The number of hydrogen-bond acceptors (Lipinski definition) is 6. The van der Waals surface area contributed by atoms with Crippen LogP contribution in [0.25, 0.3) is 0 Å². The molecule has 3 amide bonds. The minimum Gasteiger partial charge on any atom is -0.497 e. The molecule has 0 fully saturated rings. The van der Waals surface area contributed by atoms with Crippen LogP contribution in [0, 0.1) is 0 Å². The van der Waals surface area contributed by atoms with Gasteiger partial charge in [0.2, 0.25) is 11.8 Å². The normalized spacial score (nSPS) is 11.1. The number of rotatable bonds is 12. The molecule has 0 unspecified atom stereocenters.